The second-order valence-corrected chi connectivity index (χ2v) is 8.04. The third-order valence-electron chi connectivity index (χ3n) is 3.94. The lowest BCUT2D eigenvalue weighted by Gasteiger charge is -2.09. The van der Waals surface area contributed by atoms with Gasteiger partial charge >= 0.3 is 0 Å². The standard InChI is InChI=1S/C16H18N4O4S/c1-2-7-17-16(22)14-19-13(12-5-3-4-8-20(12)14)15(21)18-11-6-9-25(23,24)10-11/h2-5,8,11H,1,6-7,9-10H2,(H,17,22)(H,18,21). The first kappa shape index (κ1) is 17.2. The van der Waals surface area contributed by atoms with Crippen LogP contribution in [0.5, 0.6) is 0 Å². The first-order valence-corrected chi connectivity index (χ1v) is 9.61. The number of carbonyl (C=O) groups excluding carboxylic acids is 2. The average Bonchev–Trinajstić information content (AvgIpc) is 3.13. The van der Waals surface area contributed by atoms with E-state index in [2.05, 4.69) is 22.2 Å². The van der Waals surface area contributed by atoms with Crippen molar-refractivity contribution >= 4 is 27.2 Å². The highest BCUT2D eigenvalue weighted by Gasteiger charge is 2.30. The van der Waals surface area contributed by atoms with Crippen LogP contribution in [0.1, 0.15) is 27.5 Å². The molecule has 3 heterocycles. The van der Waals surface area contributed by atoms with Gasteiger partial charge in [0, 0.05) is 18.8 Å². The SMILES string of the molecule is C=CCNC(=O)c1nc(C(=O)NC2CCS(=O)(=O)C2)c2ccccn12. The molecule has 2 aromatic rings. The van der Waals surface area contributed by atoms with Gasteiger partial charge in [-0.2, -0.15) is 0 Å². The van der Waals surface area contributed by atoms with E-state index in [9.17, 15) is 18.0 Å². The lowest BCUT2D eigenvalue weighted by molar-refractivity contribution is 0.0938. The van der Waals surface area contributed by atoms with Gasteiger partial charge in [0.25, 0.3) is 11.8 Å². The summed E-state index contributed by atoms with van der Waals surface area (Å²) in [6, 6.07) is 4.71. The number of hydrogen-bond acceptors (Lipinski definition) is 5. The Morgan fingerprint density at radius 2 is 2.16 bits per heavy atom. The second-order valence-electron chi connectivity index (χ2n) is 5.81. The van der Waals surface area contributed by atoms with E-state index >= 15 is 0 Å². The maximum atomic E-state index is 12.5. The molecular formula is C16H18N4O4S. The van der Waals surface area contributed by atoms with Gasteiger partial charge in [-0.3, -0.25) is 14.0 Å². The molecule has 132 valence electrons. The molecule has 2 N–H and O–H groups in total. The molecule has 3 rings (SSSR count). The summed E-state index contributed by atoms with van der Waals surface area (Å²) in [4.78, 5) is 29.0. The first-order chi connectivity index (χ1) is 11.9. The molecule has 1 aliphatic rings. The molecule has 1 fully saturated rings. The molecule has 0 bridgehead atoms. The molecule has 0 saturated carbocycles. The Labute approximate surface area is 144 Å². The number of sulfone groups is 1. The van der Waals surface area contributed by atoms with Crippen LogP contribution in [-0.4, -0.2) is 53.7 Å². The molecular weight excluding hydrogens is 344 g/mol. The fourth-order valence-corrected chi connectivity index (χ4v) is 4.44. The molecule has 0 aliphatic carbocycles. The van der Waals surface area contributed by atoms with E-state index in [1.807, 2.05) is 0 Å². The Hall–Kier alpha value is -2.68. The molecule has 2 amide bonds. The predicted octanol–water partition coefficient (Wildman–Crippen LogP) is 0.167. The minimum Gasteiger partial charge on any atom is -0.347 e. The van der Waals surface area contributed by atoms with E-state index in [-0.39, 0.29) is 29.6 Å². The van der Waals surface area contributed by atoms with Crippen LogP contribution >= 0.6 is 0 Å². The monoisotopic (exact) mass is 362 g/mol. The predicted molar refractivity (Wildman–Crippen MR) is 92.2 cm³/mol. The number of rotatable bonds is 5. The normalized spacial score (nSPS) is 18.8. The lowest BCUT2D eigenvalue weighted by Crippen LogP contribution is -2.36. The van der Waals surface area contributed by atoms with Gasteiger partial charge in [0.15, 0.2) is 15.5 Å². The number of hydrogen-bond donors (Lipinski definition) is 2. The van der Waals surface area contributed by atoms with Crippen molar-refractivity contribution in [3.8, 4) is 0 Å². The summed E-state index contributed by atoms with van der Waals surface area (Å²) in [5, 5.41) is 5.32. The zero-order valence-corrected chi connectivity index (χ0v) is 14.3. The van der Waals surface area contributed by atoms with Crippen LogP contribution < -0.4 is 10.6 Å². The van der Waals surface area contributed by atoms with E-state index in [1.165, 1.54) is 4.40 Å². The van der Waals surface area contributed by atoms with Crippen LogP contribution in [0.15, 0.2) is 37.1 Å². The topological polar surface area (TPSA) is 110 Å². The summed E-state index contributed by atoms with van der Waals surface area (Å²) in [5.41, 5.74) is 0.568. The van der Waals surface area contributed by atoms with Crippen molar-refractivity contribution in [2.75, 3.05) is 18.1 Å². The third-order valence-corrected chi connectivity index (χ3v) is 5.71. The van der Waals surface area contributed by atoms with E-state index < -0.39 is 27.7 Å². The molecule has 25 heavy (non-hydrogen) atoms. The van der Waals surface area contributed by atoms with Gasteiger partial charge in [-0.15, -0.1) is 6.58 Å². The van der Waals surface area contributed by atoms with E-state index in [1.54, 1.807) is 30.5 Å². The van der Waals surface area contributed by atoms with Crippen LogP contribution in [0.25, 0.3) is 5.52 Å². The fourth-order valence-electron chi connectivity index (χ4n) is 2.77. The Kier molecular flexibility index (Phi) is 4.58. The number of carbonyl (C=O) groups is 2. The Balaban J connectivity index is 1.89. The summed E-state index contributed by atoms with van der Waals surface area (Å²) >= 11 is 0. The van der Waals surface area contributed by atoms with Crippen molar-refractivity contribution in [2.24, 2.45) is 0 Å². The number of imidazole rings is 1. The third kappa shape index (κ3) is 3.55. The van der Waals surface area contributed by atoms with Crippen molar-refractivity contribution in [3.05, 3.63) is 48.6 Å². The maximum Gasteiger partial charge on any atom is 0.287 e. The molecule has 1 saturated heterocycles. The molecule has 1 unspecified atom stereocenters. The first-order valence-electron chi connectivity index (χ1n) is 7.79. The number of pyridine rings is 1. The van der Waals surface area contributed by atoms with Crippen LogP contribution in [0.4, 0.5) is 0 Å². The second kappa shape index (κ2) is 6.67. The Morgan fingerprint density at radius 3 is 2.84 bits per heavy atom. The quantitative estimate of drug-likeness (QED) is 0.737. The van der Waals surface area contributed by atoms with Gasteiger partial charge < -0.3 is 10.6 Å². The van der Waals surface area contributed by atoms with Gasteiger partial charge in [-0.05, 0) is 18.6 Å². The fraction of sp³-hybridized carbons (Fsp3) is 0.312. The highest BCUT2D eigenvalue weighted by Crippen LogP contribution is 2.16. The number of fused-ring (bicyclic) bond motifs is 1. The van der Waals surface area contributed by atoms with Crippen molar-refractivity contribution in [1.82, 2.24) is 20.0 Å². The number of nitrogens with one attached hydrogen (secondary N) is 2. The van der Waals surface area contributed by atoms with Crippen molar-refractivity contribution in [3.63, 3.8) is 0 Å². The zero-order chi connectivity index (χ0) is 18.0. The molecule has 2 aromatic heterocycles. The minimum absolute atomic E-state index is 0.0666. The van der Waals surface area contributed by atoms with Crippen LogP contribution in [0.2, 0.25) is 0 Å². The van der Waals surface area contributed by atoms with Gasteiger partial charge in [-0.1, -0.05) is 12.1 Å². The molecule has 1 atom stereocenters. The van der Waals surface area contributed by atoms with E-state index in [0.29, 0.717) is 11.9 Å². The molecule has 0 spiro atoms. The molecule has 0 radical (unpaired) electrons. The molecule has 9 heteroatoms. The summed E-state index contributed by atoms with van der Waals surface area (Å²) in [6.45, 7) is 3.82. The minimum atomic E-state index is -3.10. The van der Waals surface area contributed by atoms with Gasteiger partial charge in [0.2, 0.25) is 5.82 Å². The van der Waals surface area contributed by atoms with E-state index in [4.69, 9.17) is 0 Å². The lowest BCUT2D eigenvalue weighted by atomic mass is 10.2. The molecule has 8 nitrogen and oxygen atoms in total. The highest BCUT2D eigenvalue weighted by atomic mass is 32.2. The number of aromatic nitrogens is 2. The zero-order valence-electron chi connectivity index (χ0n) is 13.4. The Bertz CT molecular complexity index is 948. The Morgan fingerprint density at radius 1 is 1.36 bits per heavy atom. The smallest absolute Gasteiger partial charge is 0.287 e. The van der Waals surface area contributed by atoms with Gasteiger partial charge in [0.1, 0.15) is 0 Å². The largest absolute Gasteiger partial charge is 0.347 e. The van der Waals surface area contributed by atoms with Gasteiger partial charge in [-0.25, -0.2) is 13.4 Å². The van der Waals surface area contributed by atoms with E-state index in [0.717, 1.165) is 0 Å². The number of nitrogens with zero attached hydrogens (tertiary/aromatic N) is 2. The average molecular weight is 362 g/mol. The highest BCUT2D eigenvalue weighted by molar-refractivity contribution is 7.91. The maximum absolute atomic E-state index is 12.5. The van der Waals surface area contributed by atoms with Crippen molar-refractivity contribution in [1.29, 1.82) is 0 Å². The van der Waals surface area contributed by atoms with Gasteiger partial charge in [0.05, 0.1) is 17.0 Å². The summed E-state index contributed by atoms with van der Waals surface area (Å²) < 4.78 is 24.6. The number of amides is 2. The van der Waals surface area contributed by atoms with Crippen LogP contribution in [0.3, 0.4) is 0 Å². The molecule has 0 aromatic carbocycles. The van der Waals surface area contributed by atoms with Crippen LogP contribution in [-0.2, 0) is 9.84 Å². The van der Waals surface area contributed by atoms with Crippen molar-refractivity contribution in [2.45, 2.75) is 12.5 Å². The van der Waals surface area contributed by atoms with Crippen LogP contribution in [0, 0.1) is 0 Å². The summed E-state index contributed by atoms with van der Waals surface area (Å²) in [7, 11) is -3.10. The van der Waals surface area contributed by atoms with Crippen molar-refractivity contribution < 1.29 is 18.0 Å². The summed E-state index contributed by atoms with van der Waals surface area (Å²) in [6.07, 6.45) is 3.57. The molecule has 1 aliphatic heterocycles. The summed E-state index contributed by atoms with van der Waals surface area (Å²) in [5.74, 6) is -0.840.